The molecule has 7 nitrogen and oxygen atoms in total. The lowest BCUT2D eigenvalue weighted by atomic mass is 10.1. The Morgan fingerprint density at radius 3 is 1.84 bits per heavy atom. The molecule has 0 radical (unpaired) electrons. The van der Waals surface area contributed by atoms with Crippen LogP contribution in [-0.2, 0) is 21.4 Å². The van der Waals surface area contributed by atoms with Gasteiger partial charge < -0.3 is 10.6 Å². The first-order valence-electron chi connectivity index (χ1n) is 9.94. The number of nitrogens with zero attached hydrogens (tertiary/aromatic N) is 1. The van der Waals surface area contributed by atoms with Gasteiger partial charge in [0.15, 0.2) is 0 Å². The van der Waals surface area contributed by atoms with Crippen LogP contribution in [0.1, 0.15) is 28.4 Å². The molecule has 3 aromatic carbocycles. The Hall–Kier alpha value is -3.65. The molecule has 0 saturated heterocycles. The van der Waals surface area contributed by atoms with E-state index in [1.165, 1.54) is 11.2 Å². The average Bonchev–Trinajstić information content (AvgIpc) is 2.73. The maximum absolute atomic E-state index is 12.6. The minimum Gasteiger partial charge on any atom is -0.326 e. The van der Waals surface area contributed by atoms with E-state index in [1.54, 1.807) is 48.5 Å². The molecular formula is C24H25N3O4S. The number of aryl methyl sites for hydroxylation is 1. The van der Waals surface area contributed by atoms with Gasteiger partial charge in [0.25, 0.3) is 5.91 Å². The van der Waals surface area contributed by atoms with Crippen molar-refractivity contribution in [2.75, 3.05) is 21.2 Å². The first-order chi connectivity index (χ1) is 15.1. The van der Waals surface area contributed by atoms with Crippen LogP contribution >= 0.6 is 0 Å². The molecule has 0 spiro atoms. The van der Waals surface area contributed by atoms with Gasteiger partial charge in [-0.25, -0.2) is 8.42 Å². The zero-order chi connectivity index (χ0) is 23.3. The van der Waals surface area contributed by atoms with E-state index in [0.717, 1.165) is 17.4 Å². The Morgan fingerprint density at radius 1 is 0.812 bits per heavy atom. The summed E-state index contributed by atoms with van der Waals surface area (Å²) in [6.45, 7) is 3.59. The first kappa shape index (κ1) is 23.0. The predicted octanol–water partition coefficient (Wildman–Crippen LogP) is 4.17. The molecule has 0 aliphatic carbocycles. The lowest BCUT2D eigenvalue weighted by molar-refractivity contribution is -0.114. The topological polar surface area (TPSA) is 95.6 Å². The molecular weight excluding hydrogens is 426 g/mol. The molecule has 166 valence electrons. The second-order valence-corrected chi connectivity index (χ2v) is 9.42. The number of sulfonamides is 1. The SMILES string of the molecule is CC(=O)Nc1ccc(NC(=O)c2ccc(N(Cc3ccc(C)cc3)S(C)(=O)=O)cc2)cc1. The van der Waals surface area contributed by atoms with E-state index in [-0.39, 0.29) is 18.4 Å². The number of benzene rings is 3. The van der Waals surface area contributed by atoms with Gasteiger partial charge in [-0.15, -0.1) is 0 Å². The molecule has 0 atom stereocenters. The molecule has 0 aliphatic heterocycles. The van der Waals surface area contributed by atoms with Crippen molar-refractivity contribution >= 4 is 38.9 Å². The van der Waals surface area contributed by atoms with Crippen molar-refractivity contribution in [1.82, 2.24) is 0 Å². The lowest BCUT2D eigenvalue weighted by Crippen LogP contribution is -2.29. The summed E-state index contributed by atoms with van der Waals surface area (Å²) < 4.78 is 26.1. The third-order valence-electron chi connectivity index (χ3n) is 4.73. The van der Waals surface area contributed by atoms with E-state index >= 15 is 0 Å². The fourth-order valence-electron chi connectivity index (χ4n) is 3.08. The highest BCUT2D eigenvalue weighted by Crippen LogP contribution is 2.22. The summed E-state index contributed by atoms with van der Waals surface area (Å²) in [5.74, 6) is -0.499. The van der Waals surface area contributed by atoms with E-state index in [2.05, 4.69) is 10.6 Å². The molecule has 0 heterocycles. The van der Waals surface area contributed by atoms with E-state index in [4.69, 9.17) is 0 Å². The van der Waals surface area contributed by atoms with Crippen LogP contribution in [0.5, 0.6) is 0 Å². The van der Waals surface area contributed by atoms with Gasteiger partial charge in [-0.05, 0) is 61.0 Å². The van der Waals surface area contributed by atoms with Gasteiger partial charge in [0, 0.05) is 23.9 Å². The van der Waals surface area contributed by atoms with Crippen LogP contribution in [0.25, 0.3) is 0 Å². The third kappa shape index (κ3) is 6.18. The van der Waals surface area contributed by atoms with E-state index < -0.39 is 10.0 Å². The zero-order valence-electron chi connectivity index (χ0n) is 18.1. The Bertz CT molecular complexity index is 1200. The van der Waals surface area contributed by atoms with Crippen LogP contribution in [0.4, 0.5) is 17.1 Å². The number of carbonyl (C=O) groups excluding carboxylic acids is 2. The van der Waals surface area contributed by atoms with Gasteiger partial charge in [0.2, 0.25) is 15.9 Å². The lowest BCUT2D eigenvalue weighted by Gasteiger charge is -2.23. The molecule has 2 N–H and O–H groups in total. The minimum absolute atomic E-state index is 0.174. The standard InChI is InChI=1S/C24H25N3O4S/c1-17-4-6-19(7-5-17)16-27(32(3,30)31)23-14-8-20(9-15-23)24(29)26-22-12-10-21(11-13-22)25-18(2)28/h4-15H,16H2,1-3H3,(H,25,28)(H,26,29). The summed E-state index contributed by atoms with van der Waals surface area (Å²) in [7, 11) is -3.52. The van der Waals surface area contributed by atoms with Crippen molar-refractivity contribution in [2.24, 2.45) is 0 Å². The normalized spacial score (nSPS) is 11.0. The molecule has 3 rings (SSSR count). The highest BCUT2D eigenvalue weighted by molar-refractivity contribution is 7.92. The Labute approximate surface area is 188 Å². The largest absolute Gasteiger partial charge is 0.326 e. The van der Waals surface area contributed by atoms with Gasteiger partial charge in [0.05, 0.1) is 18.5 Å². The maximum atomic E-state index is 12.6. The monoisotopic (exact) mass is 451 g/mol. The number of carbonyl (C=O) groups is 2. The van der Waals surface area contributed by atoms with E-state index in [1.807, 2.05) is 31.2 Å². The molecule has 0 unspecified atom stereocenters. The van der Waals surface area contributed by atoms with Crippen molar-refractivity contribution in [3.63, 3.8) is 0 Å². The number of anilines is 3. The Morgan fingerprint density at radius 2 is 1.34 bits per heavy atom. The number of hydrogen-bond donors (Lipinski definition) is 2. The van der Waals surface area contributed by atoms with Gasteiger partial charge in [-0.3, -0.25) is 13.9 Å². The summed E-state index contributed by atoms with van der Waals surface area (Å²) >= 11 is 0. The van der Waals surface area contributed by atoms with Crippen LogP contribution in [0.3, 0.4) is 0 Å². The molecule has 0 aromatic heterocycles. The Kier molecular flexibility index (Phi) is 6.95. The first-order valence-corrected chi connectivity index (χ1v) is 11.8. The van der Waals surface area contributed by atoms with Gasteiger partial charge >= 0.3 is 0 Å². The molecule has 0 fully saturated rings. The van der Waals surface area contributed by atoms with Gasteiger partial charge in [0.1, 0.15) is 0 Å². The zero-order valence-corrected chi connectivity index (χ0v) is 18.9. The van der Waals surface area contributed by atoms with Crippen LogP contribution < -0.4 is 14.9 Å². The van der Waals surface area contributed by atoms with Crippen LogP contribution in [0, 0.1) is 6.92 Å². The van der Waals surface area contributed by atoms with Crippen molar-refractivity contribution < 1.29 is 18.0 Å². The molecule has 3 aromatic rings. The smallest absolute Gasteiger partial charge is 0.255 e. The van der Waals surface area contributed by atoms with Crippen molar-refractivity contribution in [1.29, 1.82) is 0 Å². The summed E-state index contributed by atoms with van der Waals surface area (Å²) in [5, 5.41) is 5.44. The minimum atomic E-state index is -3.52. The van der Waals surface area contributed by atoms with Crippen LogP contribution in [-0.4, -0.2) is 26.5 Å². The van der Waals surface area contributed by atoms with Crippen molar-refractivity contribution in [3.05, 3.63) is 89.5 Å². The number of amides is 2. The second-order valence-electron chi connectivity index (χ2n) is 7.51. The number of rotatable bonds is 7. The van der Waals surface area contributed by atoms with E-state index in [0.29, 0.717) is 22.6 Å². The van der Waals surface area contributed by atoms with Crippen molar-refractivity contribution in [2.45, 2.75) is 20.4 Å². The second kappa shape index (κ2) is 9.65. The third-order valence-corrected chi connectivity index (χ3v) is 5.87. The molecule has 8 heteroatoms. The quantitative estimate of drug-likeness (QED) is 0.564. The molecule has 0 aliphatic rings. The highest BCUT2D eigenvalue weighted by Gasteiger charge is 2.18. The Balaban J connectivity index is 1.73. The molecule has 0 bridgehead atoms. The average molecular weight is 452 g/mol. The summed E-state index contributed by atoms with van der Waals surface area (Å²) in [6, 6.07) is 20.8. The number of hydrogen-bond acceptors (Lipinski definition) is 4. The predicted molar refractivity (Wildman–Crippen MR) is 127 cm³/mol. The van der Waals surface area contributed by atoms with E-state index in [9.17, 15) is 18.0 Å². The summed E-state index contributed by atoms with van der Waals surface area (Å²) in [6.07, 6.45) is 1.16. The summed E-state index contributed by atoms with van der Waals surface area (Å²) in [5.41, 5.74) is 4.04. The highest BCUT2D eigenvalue weighted by atomic mass is 32.2. The van der Waals surface area contributed by atoms with Crippen molar-refractivity contribution in [3.8, 4) is 0 Å². The van der Waals surface area contributed by atoms with Crippen LogP contribution in [0.2, 0.25) is 0 Å². The fraction of sp³-hybridized carbons (Fsp3) is 0.167. The van der Waals surface area contributed by atoms with Gasteiger partial charge in [-0.2, -0.15) is 0 Å². The fourth-order valence-corrected chi connectivity index (χ4v) is 3.97. The molecule has 2 amide bonds. The van der Waals surface area contributed by atoms with Gasteiger partial charge in [-0.1, -0.05) is 29.8 Å². The summed E-state index contributed by atoms with van der Waals surface area (Å²) in [4.78, 5) is 23.7. The number of nitrogens with one attached hydrogen (secondary N) is 2. The maximum Gasteiger partial charge on any atom is 0.255 e. The molecule has 0 saturated carbocycles. The molecule has 32 heavy (non-hydrogen) atoms. The van der Waals surface area contributed by atoms with Crippen LogP contribution in [0.15, 0.2) is 72.8 Å².